The Morgan fingerprint density at radius 1 is 0.386 bits per heavy atom. The van der Waals surface area contributed by atoms with Crippen LogP contribution >= 0.6 is 0 Å². The third kappa shape index (κ3) is 4.96. The van der Waals surface area contributed by atoms with Crippen LogP contribution in [0.2, 0.25) is 0 Å². The zero-order valence-corrected chi connectivity index (χ0v) is 30.6. The molecule has 4 aromatic heterocycles. The van der Waals surface area contributed by atoms with Crippen LogP contribution in [0.5, 0.6) is 0 Å². The molecule has 57 heavy (non-hydrogen) atoms. The second kappa shape index (κ2) is 12.4. The van der Waals surface area contributed by atoms with E-state index in [4.69, 9.17) is 18.8 Å². The standard InChI is InChI=1S/C52H31N3O2/c1-3-10-32(11-4-1)33-18-20-34(21-19-33)35-23-27-47-43(30-35)51-52(57-47)50(53-31-54-51)40-15-9-17-48-49(40)42-29-37(24-26-46(42)56-48)36-22-25-45-41(28-36)39-14-7-8-16-44(39)55(45)38-12-5-2-6-13-38/h1-31H. The van der Waals surface area contributed by atoms with Crippen LogP contribution in [-0.4, -0.2) is 14.5 Å². The minimum absolute atomic E-state index is 0.655. The maximum absolute atomic E-state index is 6.59. The van der Waals surface area contributed by atoms with Gasteiger partial charge in [0.1, 0.15) is 34.3 Å². The van der Waals surface area contributed by atoms with Crippen LogP contribution in [0.15, 0.2) is 197 Å². The normalized spacial score (nSPS) is 11.9. The molecule has 8 aromatic carbocycles. The lowest BCUT2D eigenvalue weighted by Gasteiger charge is -2.08. The van der Waals surface area contributed by atoms with Crippen molar-refractivity contribution in [2.24, 2.45) is 0 Å². The summed E-state index contributed by atoms with van der Waals surface area (Å²) < 4.78 is 15.4. The van der Waals surface area contributed by atoms with E-state index in [-0.39, 0.29) is 0 Å². The van der Waals surface area contributed by atoms with E-state index in [0.717, 1.165) is 77.6 Å². The monoisotopic (exact) mass is 729 g/mol. The first-order chi connectivity index (χ1) is 28.2. The number of hydrogen-bond donors (Lipinski definition) is 0. The number of rotatable bonds is 5. The Morgan fingerprint density at radius 3 is 1.79 bits per heavy atom. The zero-order chi connectivity index (χ0) is 37.5. The number of benzene rings is 8. The molecule has 12 aromatic rings. The molecule has 0 aliphatic rings. The Balaban J connectivity index is 0.977. The van der Waals surface area contributed by atoms with Gasteiger partial charge in [0.15, 0.2) is 5.58 Å². The topological polar surface area (TPSA) is 57.0 Å². The van der Waals surface area contributed by atoms with Crippen molar-refractivity contribution in [1.82, 2.24) is 14.5 Å². The van der Waals surface area contributed by atoms with E-state index in [1.54, 1.807) is 6.33 Å². The fourth-order valence-electron chi connectivity index (χ4n) is 8.64. The molecular formula is C52H31N3O2. The van der Waals surface area contributed by atoms with Gasteiger partial charge in [-0.15, -0.1) is 0 Å². The lowest BCUT2D eigenvalue weighted by Crippen LogP contribution is -1.92. The Hall–Kier alpha value is -7.76. The van der Waals surface area contributed by atoms with E-state index < -0.39 is 0 Å². The van der Waals surface area contributed by atoms with Gasteiger partial charge >= 0.3 is 0 Å². The van der Waals surface area contributed by atoms with E-state index in [0.29, 0.717) is 5.58 Å². The Bertz CT molecular complexity index is 3500. The van der Waals surface area contributed by atoms with Gasteiger partial charge in [0.05, 0.1) is 11.0 Å². The lowest BCUT2D eigenvalue weighted by atomic mass is 9.98. The average molecular weight is 730 g/mol. The summed E-state index contributed by atoms with van der Waals surface area (Å²) in [7, 11) is 0. The van der Waals surface area contributed by atoms with Gasteiger partial charge in [0.25, 0.3) is 0 Å². The lowest BCUT2D eigenvalue weighted by molar-refractivity contribution is 0.667. The quantitative estimate of drug-likeness (QED) is 0.177. The van der Waals surface area contributed by atoms with Gasteiger partial charge in [0, 0.05) is 38.2 Å². The van der Waals surface area contributed by atoms with Crippen molar-refractivity contribution in [2.45, 2.75) is 0 Å². The molecule has 0 N–H and O–H groups in total. The van der Waals surface area contributed by atoms with Gasteiger partial charge < -0.3 is 13.4 Å². The first-order valence-electron chi connectivity index (χ1n) is 19.1. The van der Waals surface area contributed by atoms with Gasteiger partial charge in [-0.2, -0.15) is 0 Å². The third-order valence-corrected chi connectivity index (χ3v) is 11.3. The van der Waals surface area contributed by atoms with Crippen molar-refractivity contribution in [3.05, 3.63) is 188 Å². The van der Waals surface area contributed by atoms with Crippen LogP contribution in [-0.2, 0) is 0 Å². The molecule has 266 valence electrons. The van der Waals surface area contributed by atoms with E-state index in [1.807, 2.05) is 24.3 Å². The molecule has 0 aliphatic heterocycles. The summed E-state index contributed by atoms with van der Waals surface area (Å²) in [6.45, 7) is 0. The van der Waals surface area contributed by atoms with Gasteiger partial charge in [-0.25, -0.2) is 9.97 Å². The maximum Gasteiger partial charge on any atom is 0.180 e. The molecule has 0 radical (unpaired) electrons. The van der Waals surface area contributed by atoms with Crippen LogP contribution in [0.25, 0.3) is 116 Å². The number of para-hydroxylation sites is 2. The first-order valence-corrected chi connectivity index (χ1v) is 19.1. The molecule has 4 heterocycles. The fourth-order valence-corrected chi connectivity index (χ4v) is 8.64. The van der Waals surface area contributed by atoms with E-state index in [2.05, 4.69) is 162 Å². The molecule has 5 nitrogen and oxygen atoms in total. The molecule has 0 saturated heterocycles. The number of hydrogen-bond acceptors (Lipinski definition) is 4. The molecule has 0 atom stereocenters. The summed E-state index contributed by atoms with van der Waals surface area (Å²) in [4.78, 5) is 9.62. The largest absolute Gasteiger partial charge is 0.456 e. The average Bonchev–Trinajstić information content (AvgIpc) is 3.96. The van der Waals surface area contributed by atoms with Crippen LogP contribution in [0.4, 0.5) is 0 Å². The number of aromatic nitrogens is 3. The van der Waals surface area contributed by atoms with E-state index in [1.165, 1.54) is 32.9 Å². The van der Waals surface area contributed by atoms with Crippen molar-refractivity contribution in [3.8, 4) is 50.3 Å². The highest BCUT2D eigenvalue weighted by Crippen LogP contribution is 2.42. The summed E-state index contributed by atoms with van der Waals surface area (Å²) in [5.74, 6) is 0. The molecular weight excluding hydrogens is 699 g/mol. The number of fused-ring (bicyclic) bond motifs is 9. The molecule has 12 rings (SSSR count). The molecule has 0 aliphatic carbocycles. The van der Waals surface area contributed by atoms with Gasteiger partial charge in [0.2, 0.25) is 0 Å². The summed E-state index contributed by atoms with van der Waals surface area (Å²) in [5, 5.41) is 5.41. The number of nitrogens with zero attached hydrogens (tertiary/aromatic N) is 3. The third-order valence-electron chi connectivity index (χ3n) is 11.3. The van der Waals surface area contributed by atoms with E-state index in [9.17, 15) is 0 Å². The minimum atomic E-state index is 0.655. The predicted molar refractivity (Wildman–Crippen MR) is 233 cm³/mol. The van der Waals surface area contributed by atoms with Crippen LogP contribution in [0, 0.1) is 0 Å². The highest BCUT2D eigenvalue weighted by molar-refractivity contribution is 6.17. The van der Waals surface area contributed by atoms with Gasteiger partial charge in [-0.3, -0.25) is 0 Å². The molecule has 0 fully saturated rings. The van der Waals surface area contributed by atoms with Crippen molar-refractivity contribution < 1.29 is 8.83 Å². The van der Waals surface area contributed by atoms with E-state index >= 15 is 0 Å². The summed E-state index contributed by atoms with van der Waals surface area (Å²) in [6, 6.07) is 64.0. The van der Waals surface area contributed by atoms with Crippen LogP contribution in [0.1, 0.15) is 0 Å². The Kier molecular flexibility index (Phi) is 6.86. The predicted octanol–water partition coefficient (Wildman–Crippen LogP) is 14.0. The minimum Gasteiger partial charge on any atom is -0.456 e. The number of furan rings is 2. The highest BCUT2D eigenvalue weighted by Gasteiger charge is 2.21. The van der Waals surface area contributed by atoms with Crippen molar-refractivity contribution in [3.63, 3.8) is 0 Å². The smallest absolute Gasteiger partial charge is 0.180 e. The van der Waals surface area contributed by atoms with Gasteiger partial charge in [-0.1, -0.05) is 121 Å². The van der Waals surface area contributed by atoms with Crippen molar-refractivity contribution in [1.29, 1.82) is 0 Å². The first kappa shape index (κ1) is 31.6. The second-order valence-corrected chi connectivity index (χ2v) is 14.6. The molecule has 0 saturated carbocycles. The van der Waals surface area contributed by atoms with Crippen molar-refractivity contribution >= 4 is 65.8 Å². The summed E-state index contributed by atoms with van der Waals surface area (Å²) in [5.41, 5.74) is 15.9. The summed E-state index contributed by atoms with van der Waals surface area (Å²) in [6.07, 6.45) is 1.64. The maximum atomic E-state index is 6.59. The van der Waals surface area contributed by atoms with Crippen molar-refractivity contribution in [2.75, 3.05) is 0 Å². The Labute approximate surface area is 326 Å². The Morgan fingerprint density at radius 2 is 0.982 bits per heavy atom. The molecule has 0 unspecified atom stereocenters. The van der Waals surface area contributed by atoms with Crippen LogP contribution in [0.3, 0.4) is 0 Å². The highest BCUT2D eigenvalue weighted by atomic mass is 16.3. The molecule has 0 amide bonds. The summed E-state index contributed by atoms with van der Waals surface area (Å²) >= 11 is 0. The van der Waals surface area contributed by atoms with Crippen LogP contribution < -0.4 is 0 Å². The molecule has 5 heteroatoms. The zero-order valence-electron chi connectivity index (χ0n) is 30.6. The SMILES string of the molecule is c1ccc(-c2ccc(-c3ccc4oc5c(-c6cccc7oc8ccc(-c9ccc%10c(c9)c9ccccc9n%10-c9ccccc9)cc8c67)ncnc5c4c3)cc2)cc1. The second-order valence-electron chi connectivity index (χ2n) is 14.6. The molecule has 0 spiro atoms. The molecule has 0 bridgehead atoms. The fraction of sp³-hybridized carbons (Fsp3) is 0. The van der Waals surface area contributed by atoms with Gasteiger partial charge in [-0.05, 0) is 94.0 Å².